The Bertz CT molecular complexity index is 192. The van der Waals surface area contributed by atoms with Crippen LogP contribution in [0.25, 0.3) is 0 Å². The quantitative estimate of drug-likeness (QED) is 0.540. The van der Waals surface area contributed by atoms with Gasteiger partial charge in [0, 0.05) is 0 Å². The molecule has 2 nitrogen and oxygen atoms in total. The van der Waals surface area contributed by atoms with E-state index in [0.29, 0.717) is 12.8 Å². The van der Waals surface area contributed by atoms with Crippen LogP contribution in [0.1, 0.15) is 33.6 Å². The van der Waals surface area contributed by atoms with E-state index in [1.165, 1.54) is 0 Å². The van der Waals surface area contributed by atoms with Crippen molar-refractivity contribution in [3.63, 3.8) is 0 Å². The maximum absolute atomic E-state index is 9.75. The molecule has 0 amide bonds. The zero-order valence-corrected chi connectivity index (χ0v) is 8.04. The molecular formula is C10H18O2. The number of allylic oxidation sites excluding steroid dienone is 1. The molecule has 2 atom stereocenters. The van der Waals surface area contributed by atoms with Gasteiger partial charge >= 0.3 is 0 Å². The van der Waals surface area contributed by atoms with E-state index in [1.54, 1.807) is 6.92 Å². The van der Waals surface area contributed by atoms with E-state index in [2.05, 4.69) is 19.9 Å². The van der Waals surface area contributed by atoms with Gasteiger partial charge in [0.1, 0.15) is 0 Å². The molecule has 0 aromatic heterocycles. The second-order valence-corrected chi connectivity index (χ2v) is 4.67. The number of aliphatic hydroxyl groups is 2. The maximum Gasteiger partial charge on any atom is 0.0911 e. The summed E-state index contributed by atoms with van der Waals surface area (Å²) in [6, 6.07) is 0. The molecule has 0 saturated carbocycles. The van der Waals surface area contributed by atoms with E-state index in [1.807, 2.05) is 6.08 Å². The fraction of sp³-hybridized carbons (Fsp3) is 0.800. The lowest BCUT2D eigenvalue weighted by Crippen LogP contribution is -2.39. The van der Waals surface area contributed by atoms with Crippen LogP contribution in [0, 0.1) is 5.41 Å². The molecule has 1 rings (SSSR count). The van der Waals surface area contributed by atoms with E-state index in [4.69, 9.17) is 0 Å². The van der Waals surface area contributed by atoms with Crippen molar-refractivity contribution in [3.8, 4) is 0 Å². The predicted octanol–water partition coefficient (Wildman–Crippen LogP) is 1.47. The van der Waals surface area contributed by atoms with E-state index in [-0.39, 0.29) is 5.41 Å². The van der Waals surface area contributed by atoms with Gasteiger partial charge in [-0.3, -0.25) is 0 Å². The van der Waals surface area contributed by atoms with Crippen molar-refractivity contribution in [2.75, 3.05) is 0 Å². The van der Waals surface area contributed by atoms with Gasteiger partial charge in [-0.05, 0) is 25.2 Å². The molecule has 1 aliphatic rings. The summed E-state index contributed by atoms with van der Waals surface area (Å²) in [4.78, 5) is 0. The molecule has 0 bridgehead atoms. The van der Waals surface area contributed by atoms with Crippen molar-refractivity contribution in [1.29, 1.82) is 0 Å². The van der Waals surface area contributed by atoms with E-state index in [9.17, 15) is 10.2 Å². The van der Waals surface area contributed by atoms with Crippen molar-refractivity contribution in [1.82, 2.24) is 0 Å². The summed E-state index contributed by atoms with van der Waals surface area (Å²) in [5.74, 6) is 0. The minimum absolute atomic E-state index is 0.0000926. The Balaban J connectivity index is 2.80. The number of hydrogen-bond acceptors (Lipinski definition) is 2. The molecule has 0 radical (unpaired) electrons. The molecule has 0 saturated heterocycles. The minimum Gasteiger partial charge on any atom is -0.390 e. The Morgan fingerprint density at radius 1 is 1.33 bits per heavy atom. The van der Waals surface area contributed by atoms with Crippen LogP contribution >= 0.6 is 0 Å². The molecule has 0 aromatic carbocycles. The number of aliphatic hydroxyl groups excluding tert-OH is 1. The Labute approximate surface area is 73.9 Å². The summed E-state index contributed by atoms with van der Waals surface area (Å²) in [6.45, 7) is 5.81. The SMILES string of the molecule is CC1(C)C=CC[C@](C)(O)[C@@H](O)C1. The van der Waals surface area contributed by atoms with Crippen LogP contribution in [0.5, 0.6) is 0 Å². The lowest BCUT2D eigenvalue weighted by atomic mass is 9.84. The maximum atomic E-state index is 9.75. The highest BCUT2D eigenvalue weighted by Gasteiger charge is 2.35. The monoisotopic (exact) mass is 170 g/mol. The zero-order chi connectivity index (χ0) is 9.41. The summed E-state index contributed by atoms with van der Waals surface area (Å²) in [7, 11) is 0. The standard InChI is InChI=1S/C10H18O2/c1-9(2)5-4-6-10(3,12)8(11)7-9/h4-5,8,11-12H,6-7H2,1-3H3/t8-,10-/m0/s1. The molecule has 0 aliphatic heterocycles. The second kappa shape index (κ2) is 2.86. The van der Waals surface area contributed by atoms with Crippen molar-refractivity contribution in [3.05, 3.63) is 12.2 Å². The predicted molar refractivity (Wildman–Crippen MR) is 48.8 cm³/mol. The highest BCUT2D eigenvalue weighted by atomic mass is 16.3. The first-order valence-corrected chi connectivity index (χ1v) is 4.42. The fourth-order valence-corrected chi connectivity index (χ4v) is 1.54. The van der Waals surface area contributed by atoms with Gasteiger partial charge in [0.25, 0.3) is 0 Å². The fourth-order valence-electron chi connectivity index (χ4n) is 1.54. The zero-order valence-electron chi connectivity index (χ0n) is 8.04. The van der Waals surface area contributed by atoms with Gasteiger partial charge in [-0.2, -0.15) is 0 Å². The molecule has 0 aromatic rings. The van der Waals surface area contributed by atoms with Crippen LogP contribution in [0.2, 0.25) is 0 Å². The topological polar surface area (TPSA) is 40.5 Å². The van der Waals surface area contributed by atoms with Crippen molar-refractivity contribution < 1.29 is 10.2 Å². The van der Waals surface area contributed by atoms with Crippen molar-refractivity contribution >= 4 is 0 Å². The first-order valence-electron chi connectivity index (χ1n) is 4.42. The first kappa shape index (κ1) is 9.75. The average Bonchev–Trinajstić information content (AvgIpc) is 1.90. The summed E-state index contributed by atoms with van der Waals surface area (Å²) in [5.41, 5.74) is -0.954. The van der Waals surface area contributed by atoms with Gasteiger partial charge in [-0.15, -0.1) is 0 Å². The molecule has 1 aliphatic carbocycles. The van der Waals surface area contributed by atoms with Gasteiger partial charge < -0.3 is 10.2 Å². The van der Waals surface area contributed by atoms with Crippen molar-refractivity contribution in [2.45, 2.75) is 45.3 Å². The summed E-state index contributed by atoms with van der Waals surface area (Å²) in [5, 5.41) is 19.4. The third-order valence-electron chi connectivity index (χ3n) is 2.54. The molecule has 12 heavy (non-hydrogen) atoms. The molecule has 2 heteroatoms. The van der Waals surface area contributed by atoms with Gasteiger partial charge in [0.05, 0.1) is 11.7 Å². The Hall–Kier alpha value is -0.340. The van der Waals surface area contributed by atoms with Gasteiger partial charge in [-0.25, -0.2) is 0 Å². The third kappa shape index (κ3) is 2.08. The van der Waals surface area contributed by atoms with E-state index < -0.39 is 11.7 Å². The van der Waals surface area contributed by atoms with Crippen LogP contribution in [0.15, 0.2) is 12.2 Å². The van der Waals surface area contributed by atoms with Gasteiger partial charge in [0.2, 0.25) is 0 Å². The number of hydrogen-bond donors (Lipinski definition) is 2. The van der Waals surface area contributed by atoms with Crippen LogP contribution in [-0.2, 0) is 0 Å². The van der Waals surface area contributed by atoms with Crippen LogP contribution in [0.3, 0.4) is 0 Å². The summed E-state index contributed by atoms with van der Waals surface area (Å²) < 4.78 is 0. The van der Waals surface area contributed by atoms with Gasteiger partial charge in [0.15, 0.2) is 0 Å². The molecule has 0 heterocycles. The lowest BCUT2D eigenvalue weighted by molar-refractivity contribution is -0.0690. The van der Waals surface area contributed by atoms with E-state index >= 15 is 0 Å². The molecule has 0 fully saturated rings. The lowest BCUT2D eigenvalue weighted by Gasteiger charge is -2.30. The minimum atomic E-state index is -0.954. The van der Waals surface area contributed by atoms with Crippen LogP contribution in [0.4, 0.5) is 0 Å². The number of rotatable bonds is 0. The Morgan fingerprint density at radius 2 is 1.92 bits per heavy atom. The second-order valence-electron chi connectivity index (χ2n) is 4.67. The molecule has 0 unspecified atom stereocenters. The molecule has 0 spiro atoms. The Kier molecular flexibility index (Phi) is 2.32. The van der Waals surface area contributed by atoms with Crippen molar-refractivity contribution in [2.24, 2.45) is 5.41 Å². The van der Waals surface area contributed by atoms with E-state index in [0.717, 1.165) is 0 Å². The molecule has 2 N–H and O–H groups in total. The largest absolute Gasteiger partial charge is 0.390 e. The highest BCUT2D eigenvalue weighted by Crippen LogP contribution is 2.33. The van der Waals surface area contributed by atoms with Gasteiger partial charge in [-0.1, -0.05) is 26.0 Å². The summed E-state index contributed by atoms with van der Waals surface area (Å²) in [6.07, 6.45) is 4.56. The smallest absolute Gasteiger partial charge is 0.0911 e. The first-order chi connectivity index (χ1) is 5.33. The highest BCUT2D eigenvalue weighted by molar-refractivity contribution is 5.05. The third-order valence-corrected chi connectivity index (χ3v) is 2.54. The molecular weight excluding hydrogens is 152 g/mol. The van der Waals surface area contributed by atoms with Crippen LogP contribution < -0.4 is 0 Å². The molecule has 70 valence electrons. The van der Waals surface area contributed by atoms with Crippen LogP contribution in [-0.4, -0.2) is 21.9 Å². The Morgan fingerprint density at radius 3 is 2.50 bits per heavy atom. The normalized spacial score (nSPS) is 40.9. The average molecular weight is 170 g/mol. The summed E-state index contributed by atoms with van der Waals surface area (Å²) >= 11 is 0.